The number of benzene rings is 1. The molecule has 3 heterocycles. The molecule has 3 aromatic heterocycles. The van der Waals surface area contributed by atoms with Gasteiger partial charge in [0.2, 0.25) is 0 Å². The Morgan fingerprint density at radius 1 is 0.971 bits per heavy atom. The molecule has 9 heteroatoms. The minimum atomic E-state index is -0.299. The van der Waals surface area contributed by atoms with Gasteiger partial charge in [-0.25, -0.2) is 5.10 Å². The minimum Gasteiger partial charge on any atom is -0.322 e. The minimum absolute atomic E-state index is 0.271. The van der Waals surface area contributed by atoms with Gasteiger partial charge >= 0.3 is 0 Å². The molecule has 8 nitrogen and oxygen atoms in total. The van der Waals surface area contributed by atoms with Crippen LogP contribution in [0.1, 0.15) is 44.0 Å². The summed E-state index contributed by atoms with van der Waals surface area (Å²) in [5.41, 5.74) is 3.62. The van der Waals surface area contributed by atoms with E-state index in [0.717, 1.165) is 41.7 Å². The Bertz CT molecular complexity index is 1410. The fourth-order valence-electron chi connectivity index (χ4n) is 4.02. The third-order valence-electron chi connectivity index (χ3n) is 5.64. The molecule has 0 saturated heterocycles. The standard InChI is InChI=1S/C25H21N5O3S/c31-21-11-10-19(29-30-21)15-5-3-7-17(13-15)27-24(33)22-18-8-1-2-9-20(18)34-25(22)28-23(32)16-6-4-12-26-14-16/h3-7,10-14H,1-2,8-9H2,(H,27,33)(H,28,32)(H,30,31). The first kappa shape index (κ1) is 21.7. The summed E-state index contributed by atoms with van der Waals surface area (Å²) >= 11 is 1.47. The largest absolute Gasteiger partial charge is 0.322 e. The highest BCUT2D eigenvalue weighted by Crippen LogP contribution is 2.39. The lowest BCUT2D eigenvalue weighted by molar-refractivity contribution is 0.102. The molecule has 1 aliphatic rings. The molecule has 2 amide bonds. The van der Waals surface area contributed by atoms with Crippen molar-refractivity contribution in [3.05, 3.63) is 92.8 Å². The maximum atomic E-state index is 13.4. The second-order valence-corrected chi connectivity index (χ2v) is 9.06. The van der Waals surface area contributed by atoms with E-state index in [2.05, 4.69) is 25.8 Å². The second-order valence-electron chi connectivity index (χ2n) is 7.95. The first-order valence-electron chi connectivity index (χ1n) is 10.9. The molecule has 0 atom stereocenters. The van der Waals surface area contributed by atoms with E-state index in [0.29, 0.717) is 27.5 Å². The molecule has 0 spiro atoms. The van der Waals surface area contributed by atoms with Crippen LogP contribution in [0.4, 0.5) is 10.7 Å². The van der Waals surface area contributed by atoms with E-state index in [1.165, 1.54) is 23.6 Å². The summed E-state index contributed by atoms with van der Waals surface area (Å²) in [6.45, 7) is 0. The van der Waals surface area contributed by atoms with E-state index in [4.69, 9.17) is 0 Å². The third-order valence-corrected chi connectivity index (χ3v) is 6.85. The zero-order valence-electron chi connectivity index (χ0n) is 18.1. The molecule has 5 rings (SSSR count). The number of nitrogens with one attached hydrogen (secondary N) is 3. The number of pyridine rings is 1. The molecule has 0 bridgehead atoms. The molecule has 4 aromatic rings. The number of thiophene rings is 1. The normalized spacial score (nSPS) is 12.6. The molecule has 0 saturated carbocycles. The molecule has 3 N–H and O–H groups in total. The number of aromatic nitrogens is 3. The number of aryl methyl sites for hydroxylation is 1. The van der Waals surface area contributed by atoms with Gasteiger partial charge in [0.05, 0.1) is 16.8 Å². The Morgan fingerprint density at radius 3 is 2.65 bits per heavy atom. The Morgan fingerprint density at radius 2 is 1.85 bits per heavy atom. The molecule has 0 radical (unpaired) electrons. The Hall–Kier alpha value is -4.11. The monoisotopic (exact) mass is 471 g/mol. The topological polar surface area (TPSA) is 117 Å². The summed E-state index contributed by atoms with van der Waals surface area (Å²) in [6, 6.07) is 13.7. The predicted molar refractivity (Wildman–Crippen MR) is 131 cm³/mol. The van der Waals surface area contributed by atoms with Crippen molar-refractivity contribution in [3.63, 3.8) is 0 Å². The summed E-state index contributed by atoms with van der Waals surface area (Å²) in [5.74, 6) is -0.570. The number of fused-ring (bicyclic) bond motifs is 1. The number of rotatable bonds is 5. The number of hydrogen-bond donors (Lipinski definition) is 3. The van der Waals surface area contributed by atoms with E-state index < -0.39 is 0 Å². The summed E-state index contributed by atoms with van der Waals surface area (Å²) in [7, 11) is 0. The van der Waals surface area contributed by atoms with Gasteiger partial charge in [-0.1, -0.05) is 12.1 Å². The van der Waals surface area contributed by atoms with Crippen molar-refractivity contribution < 1.29 is 9.59 Å². The smallest absolute Gasteiger partial charge is 0.264 e. The van der Waals surface area contributed by atoms with E-state index in [-0.39, 0.29) is 17.4 Å². The quantitative estimate of drug-likeness (QED) is 0.402. The molecule has 0 aliphatic heterocycles. The zero-order chi connectivity index (χ0) is 23.5. The van der Waals surface area contributed by atoms with E-state index >= 15 is 0 Å². The highest BCUT2D eigenvalue weighted by molar-refractivity contribution is 7.17. The van der Waals surface area contributed by atoms with Crippen LogP contribution in [0.25, 0.3) is 11.3 Å². The van der Waals surface area contributed by atoms with Crippen molar-refractivity contribution in [2.45, 2.75) is 25.7 Å². The van der Waals surface area contributed by atoms with E-state index in [1.807, 2.05) is 12.1 Å². The lowest BCUT2D eigenvalue weighted by Gasteiger charge is -2.14. The summed E-state index contributed by atoms with van der Waals surface area (Å²) in [4.78, 5) is 42.7. The fourth-order valence-corrected chi connectivity index (χ4v) is 5.30. The van der Waals surface area contributed by atoms with E-state index in [9.17, 15) is 14.4 Å². The van der Waals surface area contributed by atoms with Crippen LogP contribution in [-0.4, -0.2) is 27.0 Å². The number of aromatic amines is 1. The average Bonchev–Trinajstić information content (AvgIpc) is 3.23. The summed E-state index contributed by atoms with van der Waals surface area (Å²) in [6.07, 6.45) is 6.89. The molecule has 34 heavy (non-hydrogen) atoms. The van der Waals surface area contributed by atoms with Crippen molar-refractivity contribution >= 4 is 33.8 Å². The first-order chi connectivity index (χ1) is 16.6. The first-order valence-corrected chi connectivity index (χ1v) is 11.7. The van der Waals surface area contributed by atoms with Crippen molar-refractivity contribution in [2.75, 3.05) is 10.6 Å². The van der Waals surface area contributed by atoms with Gasteiger partial charge in [-0.2, -0.15) is 5.10 Å². The van der Waals surface area contributed by atoms with Crippen LogP contribution in [0, 0.1) is 0 Å². The summed E-state index contributed by atoms with van der Waals surface area (Å²) in [5, 5.41) is 12.9. The molecule has 1 aromatic carbocycles. The van der Waals surface area contributed by atoms with E-state index in [1.54, 1.807) is 36.5 Å². The lowest BCUT2D eigenvalue weighted by atomic mass is 9.95. The molecular weight excluding hydrogens is 450 g/mol. The maximum absolute atomic E-state index is 13.4. The van der Waals surface area contributed by atoms with Gasteiger partial charge in [0, 0.05) is 34.6 Å². The van der Waals surface area contributed by atoms with Crippen LogP contribution in [0.3, 0.4) is 0 Å². The van der Waals surface area contributed by atoms with Gasteiger partial charge in [0.15, 0.2) is 0 Å². The lowest BCUT2D eigenvalue weighted by Crippen LogP contribution is -2.18. The number of carbonyl (C=O) groups excluding carboxylic acids is 2. The van der Waals surface area contributed by atoms with Crippen molar-refractivity contribution in [1.82, 2.24) is 15.2 Å². The van der Waals surface area contributed by atoms with Crippen LogP contribution in [-0.2, 0) is 12.8 Å². The number of nitrogens with zero attached hydrogens (tertiary/aromatic N) is 2. The van der Waals surface area contributed by atoms with Gasteiger partial charge in [-0.15, -0.1) is 11.3 Å². The van der Waals surface area contributed by atoms with Crippen molar-refractivity contribution in [2.24, 2.45) is 0 Å². The van der Waals surface area contributed by atoms with Crippen LogP contribution in [0.15, 0.2) is 65.7 Å². The molecular formula is C25H21N5O3S. The number of hydrogen-bond acceptors (Lipinski definition) is 6. The average molecular weight is 472 g/mol. The van der Waals surface area contributed by atoms with Gasteiger partial charge in [0.1, 0.15) is 5.00 Å². The number of carbonyl (C=O) groups is 2. The zero-order valence-corrected chi connectivity index (χ0v) is 18.9. The maximum Gasteiger partial charge on any atom is 0.264 e. The van der Waals surface area contributed by atoms with Crippen LogP contribution in [0.2, 0.25) is 0 Å². The predicted octanol–water partition coefficient (Wildman–Crippen LogP) is 4.28. The van der Waals surface area contributed by atoms with Gasteiger partial charge in [-0.05, 0) is 61.6 Å². The summed E-state index contributed by atoms with van der Waals surface area (Å²) < 4.78 is 0. The molecule has 0 unspecified atom stereocenters. The number of anilines is 2. The third kappa shape index (κ3) is 4.51. The Kier molecular flexibility index (Phi) is 6.01. The molecule has 0 fully saturated rings. The highest BCUT2D eigenvalue weighted by Gasteiger charge is 2.27. The van der Waals surface area contributed by atoms with Crippen molar-refractivity contribution in [1.29, 1.82) is 0 Å². The van der Waals surface area contributed by atoms with Crippen LogP contribution in [0.5, 0.6) is 0 Å². The Balaban J connectivity index is 1.44. The Labute approximate surface area is 199 Å². The fraction of sp³-hybridized carbons (Fsp3) is 0.160. The SMILES string of the molecule is O=C(Nc1sc2c(c1C(=O)Nc1cccc(-c3ccc(=O)[nH]n3)c1)CCCC2)c1cccnc1. The number of amides is 2. The highest BCUT2D eigenvalue weighted by atomic mass is 32.1. The molecule has 170 valence electrons. The van der Waals surface area contributed by atoms with Gasteiger partial charge in [0.25, 0.3) is 17.4 Å². The van der Waals surface area contributed by atoms with Crippen molar-refractivity contribution in [3.8, 4) is 11.3 Å². The van der Waals surface area contributed by atoms with Crippen LogP contribution < -0.4 is 16.2 Å². The molecule has 1 aliphatic carbocycles. The van der Waals surface area contributed by atoms with Gasteiger partial charge in [-0.3, -0.25) is 19.4 Å². The van der Waals surface area contributed by atoms with Crippen LogP contribution >= 0.6 is 11.3 Å². The second kappa shape index (κ2) is 9.40. The number of H-pyrrole nitrogens is 1. The van der Waals surface area contributed by atoms with Gasteiger partial charge < -0.3 is 10.6 Å².